The molecule has 0 saturated carbocycles. The number of aromatic nitrogens is 2. The van der Waals surface area contributed by atoms with E-state index in [0.29, 0.717) is 25.4 Å². The van der Waals surface area contributed by atoms with E-state index < -0.39 is 0 Å². The molecule has 6 nitrogen and oxygen atoms in total. The van der Waals surface area contributed by atoms with Gasteiger partial charge in [0.2, 0.25) is 11.8 Å². The Labute approximate surface area is 153 Å². The van der Waals surface area contributed by atoms with E-state index in [9.17, 15) is 9.18 Å². The summed E-state index contributed by atoms with van der Waals surface area (Å²) in [6.45, 7) is 8.96. The fraction of sp³-hybridized carbons (Fsp3) is 0.526. The van der Waals surface area contributed by atoms with E-state index >= 15 is 0 Å². The molecule has 0 N–H and O–H groups in total. The first-order valence-corrected chi connectivity index (χ1v) is 9.04. The summed E-state index contributed by atoms with van der Waals surface area (Å²) in [7, 11) is 0. The van der Waals surface area contributed by atoms with Crippen molar-refractivity contribution in [3.05, 3.63) is 47.4 Å². The first kappa shape index (κ1) is 18.5. The maximum Gasteiger partial charge on any atom is 0.243 e. The highest BCUT2D eigenvalue weighted by Crippen LogP contribution is 2.22. The van der Waals surface area contributed by atoms with Crippen molar-refractivity contribution in [3.8, 4) is 0 Å². The smallest absolute Gasteiger partial charge is 0.243 e. The number of amides is 1. The molecular formula is C19H25FN4O2. The van der Waals surface area contributed by atoms with E-state index in [0.717, 1.165) is 24.5 Å². The first-order chi connectivity index (χ1) is 12.4. The van der Waals surface area contributed by atoms with Gasteiger partial charge in [0.15, 0.2) is 5.82 Å². The topological polar surface area (TPSA) is 62.5 Å². The van der Waals surface area contributed by atoms with Crippen LogP contribution in [-0.2, 0) is 11.2 Å². The lowest BCUT2D eigenvalue weighted by Crippen LogP contribution is -2.49. The average molecular weight is 360 g/mol. The number of piperazine rings is 1. The summed E-state index contributed by atoms with van der Waals surface area (Å²) in [5, 5.41) is 4.02. The number of hydrogen-bond acceptors (Lipinski definition) is 5. The summed E-state index contributed by atoms with van der Waals surface area (Å²) in [6, 6.07) is 6.13. The minimum Gasteiger partial charge on any atom is -0.340 e. The van der Waals surface area contributed by atoms with Gasteiger partial charge in [0, 0.05) is 32.1 Å². The Hall–Kier alpha value is -2.28. The summed E-state index contributed by atoms with van der Waals surface area (Å²) >= 11 is 0. The number of nitrogens with zero attached hydrogens (tertiary/aromatic N) is 4. The third-order valence-corrected chi connectivity index (χ3v) is 4.81. The number of carbonyl (C=O) groups is 1. The van der Waals surface area contributed by atoms with Crippen molar-refractivity contribution < 1.29 is 13.7 Å². The Balaban J connectivity index is 1.52. The summed E-state index contributed by atoms with van der Waals surface area (Å²) in [5.41, 5.74) is 0.833. The largest absolute Gasteiger partial charge is 0.340 e. The van der Waals surface area contributed by atoms with E-state index in [2.05, 4.69) is 15.0 Å². The minimum absolute atomic E-state index is 0.0318. The molecule has 26 heavy (non-hydrogen) atoms. The van der Waals surface area contributed by atoms with Crippen LogP contribution in [0.1, 0.15) is 50.0 Å². The predicted molar refractivity (Wildman–Crippen MR) is 95.1 cm³/mol. The standard InChI is InChI=1S/C19H25FN4O2/c1-13(2)18-21-19(26-22-18)14(3)23-8-10-24(11-9-23)17(25)12-15-4-6-16(20)7-5-15/h4-7,13-14H,8-12H2,1-3H3/t14-/m0/s1. The van der Waals surface area contributed by atoms with Crippen molar-refractivity contribution in [1.29, 1.82) is 0 Å². The highest BCUT2D eigenvalue weighted by Gasteiger charge is 2.27. The average Bonchev–Trinajstić information content (AvgIpc) is 3.13. The second kappa shape index (κ2) is 7.95. The number of carbonyl (C=O) groups excluding carboxylic acids is 1. The van der Waals surface area contributed by atoms with Gasteiger partial charge in [-0.2, -0.15) is 4.98 Å². The van der Waals surface area contributed by atoms with Crippen LogP contribution in [-0.4, -0.2) is 52.0 Å². The monoisotopic (exact) mass is 360 g/mol. The number of benzene rings is 1. The lowest BCUT2D eigenvalue weighted by Gasteiger charge is -2.36. The summed E-state index contributed by atoms with van der Waals surface area (Å²) < 4.78 is 18.4. The Morgan fingerprint density at radius 2 is 1.81 bits per heavy atom. The molecule has 0 radical (unpaired) electrons. The Morgan fingerprint density at radius 3 is 2.38 bits per heavy atom. The lowest BCUT2D eigenvalue weighted by atomic mass is 10.1. The molecule has 0 unspecified atom stereocenters. The molecule has 1 aliphatic rings. The van der Waals surface area contributed by atoms with Crippen LogP contribution in [0.2, 0.25) is 0 Å². The fourth-order valence-corrected chi connectivity index (χ4v) is 3.05. The molecule has 1 saturated heterocycles. The lowest BCUT2D eigenvalue weighted by molar-refractivity contribution is -0.132. The van der Waals surface area contributed by atoms with Gasteiger partial charge in [-0.3, -0.25) is 9.69 Å². The molecular weight excluding hydrogens is 335 g/mol. The van der Waals surface area contributed by atoms with Gasteiger partial charge >= 0.3 is 0 Å². The van der Waals surface area contributed by atoms with Crippen LogP contribution in [0.25, 0.3) is 0 Å². The van der Waals surface area contributed by atoms with E-state index in [1.54, 1.807) is 12.1 Å². The molecule has 1 aliphatic heterocycles. The maximum atomic E-state index is 13.0. The fourth-order valence-electron chi connectivity index (χ4n) is 3.05. The van der Waals surface area contributed by atoms with Crippen molar-refractivity contribution >= 4 is 5.91 Å². The zero-order valence-electron chi connectivity index (χ0n) is 15.5. The Kier molecular flexibility index (Phi) is 5.66. The molecule has 0 aliphatic carbocycles. The molecule has 0 spiro atoms. The van der Waals surface area contributed by atoms with Crippen LogP contribution in [0.3, 0.4) is 0 Å². The van der Waals surface area contributed by atoms with E-state index in [1.165, 1.54) is 12.1 Å². The highest BCUT2D eigenvalue weighted by atomic mass is 19.1. The third kappa shape index (κ3) is 4.27. The summed E-state index contributed by atoms with van der Waals surface area (Å²) in [6.07, 6.45) is 0.303. The molecule has 1 fully saturated rings. The van der Waals surface area contributed by atoms with E-state index in [4.69, 9.17) is 4.52 Å². The zero-order chi connectivity index (χ0) is 18.7. The van der Waals surface area contributed by atoms with Crippen LogP contribution in [0.4, 0.5) is 4.39 Å². The zero-order valence-corrected chi connectivity index (χ0v) is 15.5. The maximum absolute atomic E-state index is 13.0. The molecule has 2 aromatic rings. The van der Waals surface area contributed by atoms with Gasteiger partial charge in [0.25, 0.3) is 0 Å². The number of hydrogen-bond donors (Lipinski definition) is 0. The molecule has 2 heterocycles. The molecule has 1 aromatic heterocycles. The minimum atomic E-state index is -0.287. The van der Waals surface area contributed by atoms with Crippen molar-refractivity contribution in [1.82, 2.24) is 19.9 Å². The third-order valence-electron chi connectivity index (χ3n) is 4.81. The number of halogens is 1. The van der Waals surface area contributed by atoms with Gasteiger partial charge in [-0.15, -0.1) is 0 Å². The molecule has 1 atom stereocenters. The normalized spacial score (nSPS) is 16.9. The quantitative estimate of drug-likeness (QED) is 0.820. The van der Waals surface area contributed by atoms with Crippen LogP contribution >= 0.6 is 0 Å². The predicted octanol–water partition coefficient (Wildman–Crippen LogP) is 2.78. The summed E-state index contributed by atoms with van der Waals surface area (Å²) in [5.74, 6) is 1.37. The van der Waals surface area contributed by atoms with Crippen molar-refractivity contribution in [2.45, 2.75) is 39.2 Å². The molecule has 3 rings (SSSR count). The van der Waals surface area contributed by atoms with Crippen LogP contribution < -0.4 is 0 Å². The van der Waals surface area contributed by atoms with Gasteiger partial charge in [-0.05, 0) is 24.6 Å². The van der Waals surface area contributed by atoms with Crippen LogP contribution in [0.15, 0.2) is 28.8 Å². The van der Waals surface area contributed by atoms with Gasteiger partial charge in [0.05, 0.1) is 12.5 Å². The van der Waals surface area contributed by atoms with E-state index in [-0.39, 0.29) is 23.7 Å². The highest BCUT2D eigenvalue weighted by molar-refractivity contribution is 5.78. The molecule has 1 amide bonds. The number of rotatable bonds is 5. The van der Waals surface area contributed by atoms with Gasteiger partial charge in [-0.25, -0.2) is 4.39 Å². The van der Waals surface area contributed by atoms with Crippen molar-refractivity contribution in [2.75, 3.05) is 26.2 Å². The summed E-state index contributed by atoms with van der Waals surface area (Å²) in [4.78, 5) is 21.0. The first-order valence-electron chi connectivity index (χ1n) is 9.04. The van der Waals surface area contributed by atoms with Gasteiger partial charge < -0.3 is 9.42 Å². The van der Waals surface area contributed by atoms with Crippen molar-refractivity contribution in [3.63, 3.8) is 0 Å². The SMILES string of the molecule is CC(C)c1noc([C@H](C)N2CCN(C(=O)Cc3ccc(F)cc3)CC2)n1. The van der Waals surface area contributed by atoms with Gasteiger partial charge in [0.1, 0.15) is 5.82 Å². The molecule has 0 bridgehead atoms. The molecule has 140 valence electrons. The second-order valence-electron chi connectivity index (χ2n) is 7.04. The van der Waals surface area contributed by atoms with Gasteiger partial charge in [-0.1, -0.05) is 31.1 Å². The van der Waals surface area contributed by atoms with E-state index in [1.807, 2.05) is 25.7 Å². The molecule has 1 aromatic carbocycles. The Morgan fingerprint density at radius 1 is 1.15 bits per heavy atom. The second-order valence-corrected chi connectivity index (χ2v) is 7.04. The molecule has 7 heteroatoms. The Bertz CT molecular complexity index is 736. The van der Waals surface area contributed by atoms with Crippen LogP contribution in [0.5, 0.6) is 0 Å². The van der Waals surface area contributed by atoms with Crippen molar-refractivity contribution in [2.24, 2.45) is 0 Å². The van der Waals surface area contributed by atoms with Crippen LogP contribution in [0, 0.1) is 5.82 Å².